The Morgan fingerprint density at radius 1 is 1.00 bits per heavy atom. The molecule has 0 radical (unpaired) electrons. The number of fused-ring (bicyclic) bond motifs is 1. The number of hydrogen-bond acceptors (Lipinski definition) is 4. The molecule has 5 nitrogen and oxygen atoms in total. The fourth-order valence-electron chi connectivity index (χ4n) is 8.27. The summed E-state index contributed by atoms with van der Waals surface area (Å²) in [6, 6.07) is 14.1. The number of rotatable bonds is 5. The van der Waals surface area contributed by atoms with Crippen LogP contribution in [0.25, 0.3) is 20.8 Å². The van der Waals surface area contributed by atoms with E-state index in [9.17, 15) is 9.59 Å². The van der Waals surface area contributed by atoms with Crippen LogP contribution in [0.4, 0.5) is 5.69 Å². The van der Waals surface area contributed by atoms with Gasteiger partial charge in [-0.15, -0.1) is 11.3 Å². The number of carbonyl (C=O) groups excluding carboxylic acids is 2. The Morgan fingerprint density at radius 2 is 1.67 bits per heavy atom. The standard InChI is InChI=1S/C30H33N3O2S/c1-17-3-8-24-26(9-17)36-28(32-24)22-4-6-23(7-5-22)33-27(34)13-25(29(33)35)31-18(2)30-14-19-10-20(15-30)12-21(11-19)16-30/h3-9,18-21,25,31H,10-16H2,1-2H3/p+1/t18-,19?,20?,21?,25+,30?/m0/s1. The lowest BCUT2D eigenvalue weighted by Crippen LogP contribution is -2.98. The van der Waals surface area contributed by atoms with Gasteiger partial charge in [-0.2, -0.15) is 0 Å². The molecule has 36 heavy (non-hydrogen) atoms. The summed E-state index contributed by atoms with van der Waals surface area (Å²) in [5.74, 6) is 2.54. The van der Waals surface area contributed by atoms with Gasteiger partial charge in [0.15, 0.2) is 6.04 Å². The van der Waals surface area contributed by atoms with E-state index in [1.165, 1.54) is 53.7 Å². The van der Waals surface area contributed by atoms with E-state index in [4.69, 9.17) is 4.98 Å². The minimum Gasteiger partial charge on any atom is -0.333 e. The second kappa shape index (κ2) is 8.22. The fraction of sp³-hybridized carbons (Fsp3) is 0.500. The molecule has 2 aromatic carbocycles. The summed E-state index contributed by atoms with van der Waals surface area (Å²) in [7, 11) is 0. The van der Waals surface area contributed by atoms with E-state index in [1.807, 2.05) is 24.3 Å². The van der Waals surface area contributed by atoms with E-state index in [-0.39, 0.29) is 17.9 Å². The molecule has 4 saturated carbocycles. The largest absolute Gasteiger partial charge is 0.333 e. The maximum atomic E-state index is 13.4. The van der Waals surface area contributed by atoms with Gasteiger partial charge in [-0.25, -0.2) is 9.88 Å². The molecular weight excluding hydrogens is 466 g/mol. The second-order valence-electron chi connectivity index (χ2n) is 12.2. The first-order valence-electron chi connectivity index (χ1n) is 13.6. The van der Waals surface area contributed by atoms with E-state index in [1.54, 1.807) is 11.3 Å². The van der Waals surface area contributed by atoms with E-state index < -0.39 is 0 Å². The quantitative estimate of drug-likeness (QED) is 0.497. The van der Waals surface area contributed by atoms with Crippen LogP contribution < -0.4 is 10.2 Å². The van der Waals surface area contributed by atoms with Crippen molar-refractivity contribution in [3.8, 4) is 10.6 Å². The molecule has 5 fully saturated rings. The van der Waals surface area contributed by atoms with Crippen molar-refractivity contribution in [2.75, 3.05) is 4.90 Å². The van der Waals surface area contributed by atoms with Gasteiger partial charge in [0.1, 0.15) is 5.01 Å². The highest BCUT2D eigenvalue weighted by molar-refractivity contribution is 7.21. The molecule has 3 aromatic rings. The van der Waals surface area contributed by atoms with Crippen molar-refractivity contribution in [3.05, 3.63) is 48.0 Å². The third-order valence-electron chi connectivity index (χ3n) is 9.67. The van der Waals surface area contributed by atoms with Crippen molar-refractivity contribution < 1.29 is 14.9 Å². The number of anilines is 1. The summed E-state index contributed by atoms with van der Waals surface area (Å²) < 4.78 is 1.17. The first kappa shape index (κ1) is 22.6. The van der Waals surface area contributed by atoms with Crippen molar-refractivity contribution in [2.24, 2.45) is 23.2 Å². The normalized spacial score (nSPS) is 32.1. The van der Waals surface area contributed by atoms with Crippen molar-refractivity contribution in [1.82, 2.24) is 4.98 Å². The molecule has 4 aliphatic carbocycles. The highest BCUT2D eigenvalue weighted by Gasteiger charge is 2.56. The molecule has 6 heteroatoms. The van der Waals surface area contributed by atoms with E-state index in [0.29, 0.717) is 23.6 Å². The van der Waals surface area contributed by atoms with Gasteiger partial charge < -0.3 is 5.32 Å². The van der Waals surface area contributed by atoms with Crippen molar-refractivity contribution in [2.45, 2.75) is 70.9 Å². The molecular formula is C30H34N3O2S+. The average Bonchev–Trinajstić information content (AvgIpc) is 3.38. The zero-order valence-electron chi connectivity index (χ0n) is 21.1. The van der Waals surface area contributed by atoms with Gasteiger partial charge in [-0.05, 0) is 112 Å². The van der Waals surface area contributed by atoms with Gasteiger partial charge in [0.25, 0.3) is 5.91 Å². The number of hydrogen-bond donors (Lipinski definition) is 1. The molecule has 2 atom stereocenters. The van der Waals surface area contributed by atoms with Gasteiger partial charge >= 0.3 is 0 Å². The topological polar surface area (TPSA) is 66.9 Å². The summed E-state index contributed by atoms with van der Waals surface area (Å²) in [6.45, 7) is 4.41. The van der Waals surface area contributed by atoms with Crippen molar-refractivity contribution in [3.63, 3.8) is 0 Å². The zero-order chi connectivity index (χ0) is 24.6. The van der Waals surface area contributed by atoms with Gasteiger partial charge in [0.05, 0.1) is 28.4 Å². The fourth-order valence-corrected chi connectivity index (χ4v) is 9.34. The summed E-state index contributed by atoms with van der Waals surface area (Å²) >= 11 is 1.67. The zero-order valence-corrected chi connectivity index (χ0v) is 21.9. The predicted octanol–water partition coefficient (Wildman–Crippen LogP) is 5.07. The molecule has 4 bridgehead atoms. The number of aryl methyl sites for hydroxylation is 1. The Kier molecular flexibility index (Phi) is 5.16. The van der Waals surface area contributed by atoms with Crippen LogP contribution in [0.15, 0.2) is 42.5 Å². The Bertz CT molecular complexity index is 1320. The van der Waals surface area contributed by atoms with Crippen LogP contribution in [-0.2, 0) is 9.59 Å². The minimum absolute atomic E-state index is 0.0557. The van der Waals surface area contributed by atoms with Crippen molar-refractivity contribution >= 4 is 39.1 Å². The Labute approximate surface area is 216 Å². The number of carbonyl (C=O) groups is 2. The van der Waals surface area contributed by atoms with Crippen LogP contribution in [0.5, 0.6) is 0 Å². The number of nitrogens with zero attached hydrogens (tertiary/aromatic N) is 2. The van der Waals surface area contributed by atoms with Gasteiger partial charge in [0, 0.05) is 11.0 Å². The number of nitrogens with two attached hydrogens (primary N) is 1. The monoisotopic (exact) mass is 500 g/mol. The second-order valence-corrected chi connectivity index (χ2v) is 13.2. The van der Waals surface area contributed by atoms with Crippen LogP contribution in [0, 0.1) is 30.1 Å². The molecule has 0 spiro atoms. The van der Waals surface area contributed by atoms with Gasteiger partial charge in [-0.1, -0.05) is 6.07 Å². The molecule has 1 aliphatic heterocycles. The number of imide groups is 1. The van der Waals surface area contributed by atoms with Crippen LogP contribution in [0.3, 0.4) is 0 Å². The molecule has 5 aliphatic rings. The molecule has 2 heterocycles. The Balaban J connectivity index is 1.07. The average molecular weight is 501 g/mol. The lowest BCUT2D eigenvalue weighted by Gasteiger charge is -2.58. The van der Waals surface area contributed by atoms with E-state index >= 15 is 0 Å². The Hall–Kier alpha value is -2.57. The van der Waals surface area contributed by atoms with Crippen molar-refractivity contribution in [1.29, 1.82) is 0 Å². The highest BCUT2D eigenvalue weighted by Crippen LogP contribution is 2.60. The molecule has 1 aromatic heterocycles. The SMILES string of the molecule is Cc1ccc2nc(-c3ccc(N4C(=O)C[C@@H]([NH2+][C@@H](C)C56CC7CC(CC(C7)C5)C6)C4=O)cc3)sc2c1. The Morgan fingerprint density at radius 3 is 2.33 bits per heavy atom. The smallest absolute Gasteiger partial charge is 0.292 e. The maximum Gasteiger partial charge on any atom is 0.292 e. The van der Waals surface area contributed by atoms with Gasteiger partial charge in [-0.3, -0.25) is 9.59 Å². The summed E-state index contributed by atoms with van der Waals surface area (Å²) in [5, 5.41) is 3.21. The first-order chi connectivity index (χ1) is 17.4. The number of benzene rings is 2. The number of thiazole rings is 1. The van der Waals surface area contributed by atoms with Crippen LogP contribution in [0.1, 0.15) is 57.4 Å². The number of amides is 2. The van der Waals surface area contributed by atoms with E-state index in [0.717, 1.165) is 33.8 Å². The third-order valence-corrected chi connectivity index (χ3v) is 10.7. The van der Waals surface area contributed by atoms with Gasteiger partial charge in [0.2, 0.25) is 5.91 Å². The van der Waals surface area contributed by atoms with Crippen LogP contribution >= 0.6 is 11.3 Å². The number of quaternary nitrogens is 1. The minimum atomic E-state index is -0.298. The highest BCUT2D eigenvalue weighted by atomic mass is 32.1. The lowest BCUT2D eigenvalue weighted by molar-refractivity contribution is -0.720. The molecule has 0 unspecified atom stereocenters. The third kappa shape index (κ3) is 3.64. The molecule has 8 rings (SSSR count). The molecule has 2 N–H and O–H groups in total. The number of aromatic nitrogens is 1. The lowest BCUT2D eigenvalue weighted by atomic mass is 9.48. The maximum absolute atomic E-state index is 13.4. The molecule has 2 amide bonds. The summed E-state index contributed by atoms with van der Waals surface area (Å²) in [5.41, 5.74) is 4.27. The van der Waals surface area contributed by atoms with Crippen LogP contribution in [0.2, 0.25) is 0 Å². The molecule has 186 valence electrons. The molecule has 1 saturated heterocycles. The van der Waals surface area contributed by atoms with Crippen LogP contribution in [-0.4, -0.2) is 28.9 Å². The van der Waals surface area contributed by atoms with E-state index in [2.05, 4.69) is 37.4 Å². The predicted molar refractivity (Wildman–Crippen MR) is 143 cm³/mol. The summed E-state index contributed by atoms with van der Waals surface area (Å²) in [6.07, 6.45) is 8.54. The first-order valence-corrected chi connectivity index (χ1v) is 14.4. The summed E-state index contributed by atoms with van der Waals surface area (Å²) in [4.78, 5) is 32.6.